The molecule has 1 N–H and O–H groups in total. The Kier molecular flexibility index (Phi) is 4.31. The van der Waals surface area contributed by atoms with Gasteiger partial charge in [-0.2, -0.15) is 0 Å². The summed E-state index contributed by atoms with van der Waals surface area (Å²) in [5, 5.41) is 8.63. The van der Waals surface area contributed by atoms with Crippen molar-refractivity contribution in [3.05, 3.63) is 0 Å². The van der Waals surface area contributed by atoms with Crippen LogP contribution in [-0.4, -0.2) is 61.5 Å². The van der Waals surface area contributed by atoms with Gasteiger partial charge >= 0.3 is 5.97 Å². The molecule has 0 bridgehead atoms. The highest BCUT2D eigenvalue weighted by Gasteiger charge is 2.33. The van der Waals surface area contributed by atoms with Gasteiger partial charge in [0, 0.05) is 26.8 Å². The molecule has 1 heterocycles. The monoisotopic (exact) mass is 203 g/mol. The minimum Gasteiger partial charge on any atom is -0.480 e. The summed E-state index contributed by atoms with van der Waals surface area (Å²) in [6.45, 7) is 3.88. The van der Waals surface area contributed by atoms with Gasteiger partial charge in [-0.05, 0) is 6.92 Å². The third-order valence-corrected chi connectivity index (χ3v) is 2.33. The van der Waals surface area contributed by atoms with Crippen LogP contribution in [0, 0.1) is 0 Å². The van der Waals surface area contributed by atoms with Gasteiger partial charge in [-0.15, -0.1) is 0 Å². The van der Waals surface area contributed by atoms with Gasteiger partial charge in [-0.25, -0.2) is 0 Å². The van der Waals surface area contributed by atoms with Crippen molar-refractivity contribution in [1.29, 1.82) is 0 Å². The van der Waals surface area contributed by atoms with E-state index in [-0.39, 0.29) is 18.8 Å². The van der Waals surface area contributed by atoms with Crippen molar-refractivity contribution in [2.24, 2.45) is 0 Å². The zero-order valence-electron chi connectivity index (χ0n) is 8.60. The van der Waals surface area contributed by atoms with Gasteiger partial charge in [0.2, 0.25) is 0 Å². The molecule has 0 aromatic carbocycles. The van der Waals surface area contributed by atoms with Crippen LogP contribution < -0.4 is 0 Å². The molecular formula is C9H17NO4. The van der Waals surface area contributed by atoms with Crippen molar-refractivity contribution in [3.8, 4) is 0 Å². The Bertz CT molecular complexity index is 197. The van der Waals surface area contributed by atoms with E-state index in [1.165, 1.54) is 0 Å². The summed E-state index contributed by atoms with van der Waals surface area (Å²) < 4.78 is 10.7. The molecule has 5 nitrogen and oxygen atoms in total. The lowest BCUT2D eigenvalue weighted by Gasteiger charge is -2.15. The molecule has 0 unspecified atom stereocenters. The quantitative estimate of drug-likeness (QED) is 0.671. The van der Waals surface area contributed by atoms with Crippen molar-refractivity contribution in [1.82, 2.24) is 4.90 Å². The van der Waals surface area contributed by atoms with Crippen molar-refractivity contribution in [3.63, 3.8) is 0 Å². The van der Waals surface area contributed by atoms with E-state index >= 15 is 0 Å². The number of carbonyl (C=O) groups is 1. The van der Waals surface area contributed by atoms with E-state index in [4.69, 9.17) is 14.6 Å². The molecule has 0 aliphatic carbocycles. The van der Waals surface area contributed by atoms with Crippen molar-refractivity contribution in [2.45, 2.75) is 19.1 Å². The zero-order chi connectivity index (χ0) is 10.6. The number of hydrogen-bond acceptors (Lipinski definition) is 4. The molecule has 0 radical (unpaired) electrons. The Morgan fingerprint density at radius 1 is 1.50 bits per heavy atom. The van der Waals surface area contributed by atoms with E-state index in [1.807, 2.05) is 11.8 Å². The Morgan fingerprint density at radius 3 is 2.64 bits per heavy atom. The summed E-state index contributed by atoms with van der Waals surface area (Å²) >= 11 is 0. The number of rotatable bonds is 5. The lowest BCUT2D eigenvalue weighted by molar-refractivity contribution is -0.138. The van der Waals surface area contributed by atoms with Crippen molar-refractivity contribution >= 4 is 5.97 Å². The standard InChI is InChI=1S/C9H17NO4/c1-3-14-8-5-10(6-9(11)12)4-7(8)13-2/h7-8H,3-6H2,1-2H3,(H,11,12)/t7-,8-/m0/s1. The Morgan fingerprint density at radius 2 is 2.14 bits per heavy atom. The van der Waals surface area contributed by atoms with E-state index in [0.717, 1.165) is 0 Å². The van der Waals surface area contributed by atoms with Gasteiger partial charge in [-0.1, -0.05) is 0 Å². The number of nitrogens with zero attached hydrogens (tertiary/aromatic N) is 1. The molecule has 2 atom stereocenters. The highest BCUT2D eigenvalue weighted by Crippen LogP contribution is 2.15. The van der Waals surface area contributed by atoms with E-state index in [1.54, 1.807) is 7.11 Å². The third kappa shape index (κ3) is 2.94. The Hall–Kier alpha value is -0.650. The van der Waals surface area contributed by atoms with Crippen LogP contribution in [-0.2, 0) is 14.3 Å². The maximum absolute atomic E-state index is 10.5. The molecule has 0 aromatic heterocycles. The lowest BCUT2D eigenvalue weighted by Crippen LogP contribution is -2.29. The minimum atomic E-state index is -0.808. The van der Waals surface area contributed by atoms with Gasteiger partial charge in [0.15, 0.2) is 0 Å². The second kappa shape index (κ2) is 5.29. The van der Waals surface area contributed by atoms with Crippen LogP contribution in [0.25, 0.3) is 0 Å². The lowest BCUT2D eigenvalue weighted by atomic mass is 10.2. The largest absolute Gasteiger partial charge is 0.480 e. The van der Waals surface area contributed by atoms with Crippen LogP contribution in [0.1, 0.15) is 6.92 Å². The second-order valence-corrected chi connectivity index (χ2v) is 3.36. The zero-order valence-corrected chi connectivity index (χ0v) is 8.60. The molecule has 0 saturated carbocycles. The molecule has 1 fully saturated rings. The predicted molar refractivity (Wildman–Crippen MR) is 50.3 cm³/mol. The fraction of sp³-hybridized carbons (Fsp3) is 0.889. The van der Waals surface area contributed by atoms with Crippen molar-refractivity contribution in [2.75, 3.05) is 33.4 Å². The number of aliphatic carboxylic acids is 1. The number of carboxylic acids is 1. The summed E-state index contributed by atoms with van der Waals surface area (Å²) in [5.74, 6) is -0.808. The smallest absolute Gasteiger partial charge is 0.317 e. The molecule has 1 aliphatic heterocycles. The number of hydrogen-bond donors (Lipinski definition) is 1. The SMILES string of the molecule is CCO[C@H]1CN(CC(=O)O)C[C@@H]1OC. The first-order valence-corrected chi connectivity index (χ1v) is 4.76. The molecule has 82 valence electrons. The molecule has 1 rings (SSSR count). The highest BCUT2D eigenvalue weighted by atomic mass is 16.5. The van der Waals surface area contributed by atoms with Crippen LogP contribution in [0.4, 0.5) is 0 Å². The molecule has 0 aromatic rings. The maximum atomic E-state index is 10.5. The summed E-state index contributed by atoms with van der Waals surface area (Å²) in [6, 6.07) is 0. The molecule has 0 amide bonds. The van der Waals surface area contributed by atoms with Crippen LogP contribution in [0.2, 0.25) is 0 Å². The van der Waals surface area contributed by atoms with Gasteiger partial charge < -0.3 is 14.6 Å². The van der Waals surface area contributed by atoms with Gasteiger partial charge in [0.25, 0.3) is 0 Å². The molecule has 0 spiro atoms. The first-order valence-electron chi connectivity index (χ1n) is 4.76. The molecule has 5 heteroatoms. The van der Waals surface area contributed by atoms with E-state index in [2.05, 4.69) is 0 Å². The van der Waals surface area contributed by atoms with Gasteiger partial charge in [0.05, 0.1) is 18.8 Å². The van der Waals surface area contributed by atoms with Crippen LogP contribution >= 0.6 is 0 Å². The average Bonchev–Trinajstić information content (AvgIpc) is 2.47. The fourth-order valence-electron chi connectivity index (χ4n) is 1.74. The highest BCUT2D eigenvalue weighted by molar-refractivity contribution is 5.69. The van der Waals surface area contributed by atoms with Gasteiger partial charge in [0.1, 0.15) is 0 Å². The first kappa shape index (κ1) is 11.4. The second-order valence-electron chi connectivity index (χ2n) is 3.36. The number of carboxylic acid groups (broad SMARTS) is 1. The normalized spacial score (nSPS) is 28.1. The van der Waals surface area contributed by atoms with Gasteiger partial charge in [-0.3, -0.25) is 9.69 Å². The third-order valence-electron chi connectivity index (χ3n) is 2.33. The van der Waals surface area contributed by atoms with E-state index < -0.39 is 5.97 Å². The summed E-state index contributed by atoms with van der Waals surface area (Å²) in [7, 11) is 1.63. The van der Waals surface area contributed by atoms with E-state index in [0.29, 0.717) is 19.7 Å². The maximum Gasteiger partial charge on any atom is 0.317 e. The number of methoxy groups -OCH3 is 1. The average molecular weight is 203 g/mol. The number of likely N-dealkylation sites (tertiary alicyclic amines) is 1. The molecular weight excluding hydrogens is 186 g/mol. The number of ether oxygens (including phenoxy) is 2. The fourth-order valence-corrected chi connectivity index (χ4v) is 1.74. The molecule has 14 heavy (non-hydrogen) atoms. The van der Waals surface area contributed by atoms with Crippen LogP contribution in [0.3, 0.4) is 0 Å². The Labute approximate surface area is 83.6 Å². The summed E-state index contributed by atoms with van der Waals surface area (Å²) in [6.07, 6.45) is -0.00125. The molecule has 1 aliphatic rings. The minimum absolute atomic E-state index is 0.00403. The van der Waals surface area contributed by atoms with E-state index in [9.17, 15) is 4.79 Å². The first-order chi connectivity index (χ1) is 6.67. The predicted octanol–water partition coefficient (Wildman–Crippen LogP) is -0.193. The summed E-state index contributed by atoms with van der Waals surface area (Å²) in [5.41, 5.74) is 0. The van der Waals surface area contributed by atoms with Crippen LogP contribution in [0.15, 0.2) is 0 Å². The molecule has 1 saturated heterocycles. The summed E-state index contributed by atoms with van der Waals surface area (Å²) in [4.78, 5) is 12.3. The Balaban J connectivity index is 2.43. The topological polar surface area (TPSA) is 59.0 Å². The van der Waals surface area contributed by atoms with Crippen LogP contribution in [0.5, 0.6) is 0 Å². The van der Waals surface area contributed by atoms with Crippen molar-refractivity contribution < 1.29 is 19.4 Å².